The minimum atomic E-state index is -4.34. The molecule has 0 fully saturated rings. The molecule has 0 aliphatic heterocycles. The fourth-order valence-electron chi connectivity index (χ4n) is 1.75. The molecule has 1 aromatic carbocycles. The highest BCUT2D eigenvalue weighted by atomic mass is 35.5. The molecular formula is C14H11ClF3N. The van der Waals surface area contributed by atoms with Crippen LogP contribution in [-0.2, 0) is 12.6 Å². The van der Waals surface area contributed by atoms with Gasteiger partial charge in [0.2, 0.25) is 0 Å². The molecule has 1 heterocycles. The average Bonchev–Trinajstić information content (AvgIpc) is 2.39. The third-order valence-electron chi connectivity index (χ3n) is 2.74. The lowest BCUT2D eigenvalue weighted by molar-refractivity contribution is -0.137. The molecule has 0 N–H and O–H groups in total. The largest absolute Gasteiger partial charge is 0.416 e. The molecule has 0 saturated carbocycles. The molecular weight excluding hydrogens is 275 g/mol. The summed E-state index contributed by atoms with van der Waals surface area (Å²) in [6.07, 6.45) is -0.620. The van der Waals surface area contributed by atoms with E-state index in [2.05, 4.69) is 4.98 Å². The van der Waals surface area contributed by atoms with Crippen LogP contribution < -0.4 is 0 Å². The van der Waals surface area contributed by atoms with Crippen molar-refractivity contribution in [3.8, 4) is 0 Å². The van der Waals surface area contributed by atoms with Crippen LogP contribution in [-0.4, -0.2) is 4.98 Å². The van der Waals surface area contributed by atoms with Crippen LogP contribution in [0.4, 0.5) is 13.2 Å². The Morgan fingerprint density at radius 1 is 1.11 bits per heavy atom. The van der Waals surface area contributed by atoms with Crippen molar-refractivity contribution in [2.75, 3.05) is 0 Å². The number of hydrogen-bond donors (Lipinski definition) is 0. The molecule has 0 aliphatic rings. The summed E-state index contributed by atoms with van der Waals surface area (Å²) in [4.78, 5) is 3.88. The first-order valence-electron chi connectivity index (χ1n) is 5.67. The Kier molecular flexibility index (Phi) is 4.10. The number of halogens is 4. The Labute approximate surface area is 114 Å². The molecule has 1 nitrogen and oxygen atoms in total. The van der Waals surface area contributed by atoms with Crippen LogP contribution in [0.1, 0.15) is 22.1 Å². The van der Waals surface area contributed by atoms with E-state index in [0.717, 1.165) is 17.7 Å². The molecule has 2 aromatic rings. The van der Waals surface area contributed by atoms with Crippen molar-refractivity contribution >= 4 is 11.6 Å². The first kappa shape index (κ1) is 13.9. The number of hydrogen-bond acceptors (Lipinski definition) is 1. The lowest BCUT2D eigenvalue weighted by atomic mass is 10.0. The lowest BCUT2D eigenvalue weighted by Crippen LogP contribution is -2.06. The standard InChI is InChI=1S/C14H11ClF3N/c15-13(8-10-4-6-19-7-5-10)11-2-1-3-12(9-11)14(16,17)18/h1-7,9,13H,8H2. The molecule has 1 aromatic heterocycles. The monoisotopic (exact) mass is 285 g/mol. The number of nitrogens with zero attached hydrogens (tertiary/aromatic N) is 1. The molecule has 100 valence electrons. The summed E-state index contributed by atoms with van der Waals surface area (Å²) in [5.41, 5.74) is 0.728. The lowest BCUT2D eigenvalue weighted by Gasteiger charge is -2.13. The van der Waals surface area contributed by atoms with Gasteiger partial charge in [0.15, 0.2) is 0 Å². The second-order valence-corrected chi connectivity index (χ2v) is 4.68. The molecule has 2 rings (SSSR count). The molecule has 5 heteroatoms. The van der Waals surface area contributed by atoms with Crippen LogP contribution in [0.15, 0.2) is 48.8 Å². The van der Waals surface area contributed by atoms with Crippen molar-refractivity contribution < 1.29 is 13.2 Å². The van der Waals surface area contributed by atoms with Crippen molar-refractivity contribution in [3.05, 3.63) is 65.5 Å². The first-order chi connectivity index (χ1) is 8.97. The predicted molar refractivity (Wildman–Crippen MR) is 68.0 cm³/mol. The van der Waals surface area contributed by atoms with E-state index in [0.29, 0.717) is 12.0 Å². The number of rotatable bonds is 3. The van der Waals surface area contributed by atoms with E-state index in [1.807, 2.05) is 0 Å². The first-order valence-corrected chi connectivity index (χ1v) is 6.10. The number of alkyl halides is 4. The van der Waals surface area contributed by atoms with Crippen LogP contribution in [0.3, 0.4) is 0 Å². The second kappa shape index (κ2) is 5.61. The van der Waals surface area contributed by atoms with Crippen molar-refractivity contribution in [3.63, 3.8) is 0 Å². The van der Waals surface area contributed by atoms with Gasteiger partial charge in [-0.05, 0) is 35.7 Å². The van der Waals surface area contributed by atoms with Gasteiger partial charge in [-0.25, -0.2) is 0 Å². The summed E-state index contributed by atoms with van der Waals surface area (Å²) in [7, 11) is 0. The van der Waals surface area contributed by atoms with Gasteiger partial charge in [0.1, 0.15) is 0 Å². The summed E-state index contributed by atoms with van der Waals surface area (Å²) >= 11 is 6.18. The third kappa shape index (κ3) is 3.70. The molecule has 0 spiro atoms. The molecule has 0 saturated heterocycles. The average molecular weight is 286 g/mol. The zero-order valence-electron chi connectivity index (χ0n) is 9.86. The van der Waals surface area contributed by atoms with Gasteiger partial charge in [-0.1, -0.05) is 18.2 Å². The molecule has 0 radical (unpaired) electrons. The summed E-state index contributed by atoms with van der Waals surface area (Å²) in [5.74, 6) is 0. The highest BCUT2D eigenvalue weighted by Crippen LogP contribution is 2.33. The maximum absolute atomic E-state index is 12.6. The fraction of sp³-hybridized carbons (Fsp3) is 0.214. The van der Waals surface area contributed by atoms with E-state index in [1.54, 1.807) is 30.6 Å². The Bertz CT molecular complexity index is 540. The summed E-state index contributed by atoms with van der Waals surface area (Å²) < 4.78 is 37.8. The highest BCUT2D eigenvalue weighted by molar-refractivity contribution is 6.20. The Hall–Kier alpha value is -1.55. The van der Waals surface area contributed by atoms with Crippen LogP contribution >= 0.6 is 11.6 Å². The van der Waals surface area contributed by atoms with E-state index < -0.39 is 17.1 Å². The van der Waals surface area contributed by atoms with Crippen molar-refractivity contribution in [1.82, 2.24) is 4.98 Å². The van der Waals surface area contributed by atoms with Crippen LogP contribution in [0.5, 0.6) is 0 Å². The fourth-order valence-corrected chi connectivity index (χ4v) is 2.07. The number of pyridine rings is 1. The van der Waals surface area contributed by atoms with Gasteiger partial charge in [0.25, 0.3) is 0 Å². The Balaban J connectivity index is 2.18. The van der Waals surface area contributed by atoms with Crippen molar-refractivity contribution in [1.29, 1.82) is 0 Å². The normalized spacial score (nSPS) is 13.3. The SMILES string of the molecule is FC(F)(F)c1cccc(C(Cl)Cc2ccncc2)c1. The van der Waals surface area contributed by atoms with Gasteiger partial charge < -0.3 is 0 Å². The predicted octanol–water partition coefficient (Wildman–Crippen LogP) is 4.62. The van der Waals surface area contributed by atoms with Crippen LogP contribution in [0, 0.1) is 0 Å². The van der Waals surface area contributed by atoms with E-state index in [1.165, 1.54) is 6.07 Å². The van der Waals surface area contributed by atoms with E-state index >= 15 is 0 Å². The molecule has 1 unspecified atom stereocenters. The van der Waals surface area contributed by atoms with Gasteiger partial charge in [-0.3, -0.25) is 4.98 Å². The zero-order chi connectivity index (χ0) is 13.9. The van der Waals surface area contributed by atoms with Crippen molar-refractivity contribution in [2.24, 2.45) is 0 Å². The van der Waals surface area contributed by atoms with Crippen LogP contribution in [0.25, 0.3) is 0 Å². The molecule has 1 atom stereocenters. The van der Waals surface area contributed by atoms with Gasteiger partial charge in [-0.2, -0.15) is 13.2 Å². The minimum absolute atomic E-state index is 0.464. The van der Waals surface area contributed by atoms with Gasteiger partial charge in [-0.15, -0.1) is 11.6 Å². The third-order valence-corrected chi connectivity index (χ3v) is 3.15. The minimum Gasteiger partial charge on any atom is -0.265 e. The second-order valence-electron chi connectivity index (χ2n) is 4.15. The van der Waals surface area contributed by atoms with E-state index in [4.69, 9.17) is 11.6 Å². The molecule has 0 aliphatic carbocycles. The maximum atomic E-state index is 12.6. The molecule has 19 heavy (non-hydrogen) atoms. The summed E-state index contributed by atoms with van der Waals surface area (Å²) in [5, 5.41) is -0.496. The van der Waals surface area contributed by atoms with Crippen LogP contribution in [0.2, 0.25) is 0 Å². The van der Waals surface area contributed by atoms with Gasteiger partial charge in [0.05, 0.1) is 10.9 Å². The smallest absolute Gasteiger partial charge is 0.265 e. The number of benzene rings is 1. The summed E-state index contributed by atoms with van der Waals surface area (Å²) in [6, 6.07) is 8.71. The maximum Gasteiger partial charge on any atom is 0.416 e. The molecule has 0 amide bonds. The van der Waals surface area contributed by atoms with E-state index in [9.17, 15) is 13.2 Å². The topological polar surface area (TPSA) is 12.9 Å². The van der Waals surface area contributed by atoms with Gasteiger partial charge in [0, 0.05) is 12.4 Å². The zero-order valence-corrected chi connectivity index (χ0v) is 10.6. The Morgan fingerprint density at radius 3 is 2.42 bits per heavy atom. The van der Waals surface area contributed by atoms with Gasteiger partial charge >= 0.3 is 6.18 Å². The van der Waals surface area contributed by atoms with Crippen molar-refractivity contribution in [2.45, 2.75) is 18.0 Å². The highest BCUT2D eigenvalue weighted by Gasteiger charge is 2.30. The quantitative estimate of drug-likeness (QED) is 0.750. The molecule has 0 bridgehead atoms. The van der Waals surface area contributed by atoms with E-state index in [-0.39, 0.29) is 0 Å². The Morgan fingerprint density at radius 2 is 1.79 bits per heavy atom. The summed E-state index contributed by atoms with van der Waals surface area (Å²) in [6.45, 7) is 0. The number of aromatic nitrogens is 1.